The molecule has 1 aromatic carbocycles. The van der Waals surface area contributed by atoms with Crippen molar-refractivity contribution in [2.24, 2.45) is 17.8 Å². The first kappa shape index (κ1) is 26.6. The molecule has 3 aliphatic rings. The normalized spacial score (nSPS) is 22.5. The minimum atomic E-state index is -0.954. The summed E-state index contributed by atoms with van der Waals surface area (Å²) in [4.78, 5) is 40.0. The van der Waals surface area contributed by atoms with Gasteiger partial charge in [0, 0.05) is 24.7 Å². The largest absolute Gasteiger partial charge is 0.481 e. The minimum absolute atomic E-state index is 0.0596. The molecule has 2 unspecified atom stereocenters. The van der Waals surface area contributed by atoms with E-state index in [1.54, 1.807) is 0 Å². The molecule has 0 aromatic heterocycles. The first-order valence-corrected chi connectivity index (χ1v) is 14.1. The number of nitrogens with zero attached hydrogens (tertiary/aromatic N) is 1. The average Bonchev–Trinajstić information content (AvgIpc) is 3.02. The van der Waals surface area contributed by atoms with Gasteiger partial charge in [-0.25, -0.2) is 0 Å². The number of carbonyl (C=O) groups is 3. The van der Waals surface area contributed by atoms with Crippen LogP contribution in [0.25, 0.3) is 0 Å². The Kier molecular flexibility index (Phi) is 9.41. The third-order valence-electron chi connectivity index (χ3n) is 8.69. The van der Waals surface area contributed by atoms with E-state index in [4.69, 9.17) is 0 Å². The molecule has 3 N–H and O–H groups in total. The monoisotopic (exact) mass is 497 g/mol. The number of amides is 2. The van der Waals surface area contributed by atoms with Gasteiger partial charge in [-0.1, -0.05) is 25.3 Å². The van der Waals surface area contributed by atoms with E-state index >= 15 is 0 Å². The molecule has 1 aliphatic carbocycles. The van der Waals surface area contributed by atoms with Gasteiger partial charge in [-0.2, -0.15) is 0 Å². The van der Waals surface area contributed by atoms with E-state index in [-0.39, 0.29) is 24.3 Å². The van der Waals surface area contributed by atoms with E-state index in [0.717, 1.165) is 55.8 Å². The maximum absolute atomic E-state index is 13.5. The summed E-state index contributed by atoms with van der Waals surface area (Å²) in [7, 11) is 0. The zero-order valence-electron chi connectivity index (χ0n) is 21.8. The van der Waals surface area contributed by atoms with E-state index in [2.05, 4.69) is 17.6 Å². The van der Waals surface area contributed by atoms with Gasteiger partial charge in [-0.15, -0.1) is 0 Å². The molecule has 1 saturated heterocycles. The second-order valence-electron chi connectivity index (χ2n) is 11.2. The van der Waals surface area contributed by atoms with Crippen LogP contribution in [0.15, 0.2) is 18.2 Å². The number of nitrogens with one attached hydrogen (secondary N) is 2. The average molecular weight is 498 g/mol. The molecule has 0 spiro atoms. The number of carbonyl (C=O) groups excluding carboxylic acids is 2. The van der Waals surface area contributed by atoms with Crippen molar-refractivity contribution in [3.05, 3.63) is 34.9 Å². The Labute approximate surface area is 215 Å². The van der Waals surface area contributed by atoms with Gasteiger partial charge < -0.3 is 20.6 Å². The molecule has 0 bridgehead atoms. The molecule has 2 heterocycles. The van der Waals surface area contributed by atoms with Gasteiger partial charge in [0.25, 0.3) is 5.91 Å². The van der Waals surface area contributed by atoms with Crippen molar-refractivity contribution in [2.75, 3.05) is 19.6 Å². The fourth-order valence-electron chi connectivity index (χ4n) is 6.41. The quantitative estimate of drug-likeness (QED) is 0.446. The number of rotatable bonds is 9. The number of carboxylic acid groups (broad SMARTS) is 1. The van der Waals surface area contributed by atoms with E-state index in [1.165, 1.54) is 32.1 Å². The van der Waals surface area contributed by atoms with Gasteiger partial charge in [0.1, 0.15) is 0 Å². The molecule has 36 heavy (non-hydrogen) atoms. The summed E-state index contributed by atoms with van der Waals surface area (Å²) in [5.74, 6) is -0.498. The number of hydrogen-bond acceptors (Lipinski definition) is 4. The van der Waals surface area contributed by atoms with Gasteiger partial charge in [0.2, 0.25) is 5.91 Å². The summed E-state index contributed by atoms with van der Waals surface area (Å²) in [5.41, 5.74) is 2.54. The maximum atomic E-state index is 13.5. The third kappa shape index (κ3) is 6.87. The van der Waals surface area contributed by atoms with Crippen molar-refractivity contribution in [1.82, 2.24) is 15.5 Å². The predicted octanol–water partition coefficient (Wildman–Crippen LogP) is 4.14. The third-order valence-corrected chi connectivity index (χ3v) is 8.69. The molecule has 1 saturated carbocycles. The molecule has 2 atom stereocenters. The van der Waals surface area contributed by atoms with Gasteiger partial charge in [0.15, 0.2) is 0 Å². The van der Waals surface area contributed by atoms with Gasteiger partial charge in [-0.05, 0) is 100 Å². The van der Waals surface area contributed by atoms with Crippen molar-refractivity contribution in [2.45, 2.75) is 90.1 Å². The first-order valence-electron chi connectivity index (χ1n) is 14.1. The molecule has 7 nitrogen and oxygen atoms in total. The van der Waals surface area contributed by atoms with Crippen molar-refractivity contribution in [3.63, 3.8) is 0 Å². The highest BCUT2D eigenvalue weighted by molar-refractivity contribution is 5.94. The Hall–Kier alpha value is -2.41. The molecule has 2 fully saturated rings. The number of hydrogen-bond donors (Lipinski definition) is 3. The molecule has 2 aliphatic heterocycles. The Morgan fingerprint density at radius 2 is 1.86 bits per heavy atom. The van der Waals surface area contributed by atoms with Crippen LogP contribution in [0.2, 0.25) is 0 Å². The highest BCUT2D eigenvalue weighted by atomic mass is 16.4. The van der Waals surface area contributed by atoms with E-state index in [1.807, 2.05) is 23.1 Å². The Bertz CT molecular complexity index is 921. The van der Waals surface area contributed by atoms with Crippen LogP contribution in [-0.2, 0) is 22.6 Å². The lowest BCUT2D eigenvalue weighted by Gasteiger charge is -2.37. The van der Waals surface area contributed by atoms with Crippen molar-refractivity contribution < 1.29 is 19.5 Å². The lowest BCUT2D eigenvalue weighted by molar-refractivity contribution is -0.146. The van der Waals surface area contributed by atoms with Crippen LogP contribution < -0.4 is 10.6 Å². The number of aliphatic carboxylic acids is 1. The summed E-state index contributed by atoms with van der Waals surface area (Å²) < 4.78 is 0. The topological polar surface area (TPSA) is 98.7 Å². The molecular formula is C29H43N3O4. The highest BCUT2D eigenvalue weighted by Crippen LogP contribution is 2.33. The standard InChI is InChI=1S/C29H43N3O4/c1-20(22-7-3-2-4-8-22)32-19-24-10-9-23(16-25(24)17-26(29(32)36)18-27(33)34)28(35)31-13-5-6-21-11-14-30-15-12-21/h9-10,16,20-22,26,30H,2-8,11-15,17-19H2,1H3,(H,31,35)(H,33,34). The molecule has 4 rings (SSSR count). The molecule has 2 amide bonds. The number of fused-ring (bicyclic) bond motifs is 1. The fraction of sp³-hybridized carbons (Fsp3) is 0.690. The molecule has 1 aromatic rings. The van der Waals surface area contributed by atoms with E-state index in [9.17, 15) is 19.5 Å². The Morgan fingerprint density at radius 3 is 2.58 bits per heavy atom. The summed E-state index contributed by atoms with van der Waals surface area (Å²) >= 11 is 0. The van der Waals surface area contributed by atoms with Crippen molar-refractivity contribution >= 4 is 17.8 Å². The molecule has 0 radical (unpaired) electrons. The second-order valence-corrected chi connectivity index (χ2v) is 11.2. The second kappa shape index (κ2) is 12.7. The first-order chi connectivity index (χ1) is 17.4. The van der Waals surface area contributed by atoms with Crippen molar-refractivity contribution in [3.8, 4) is 0 Å². The number of benzene rings is 1. The van der Waals surface area contributed by atoms with Crippen LogP contribution in [0.5, 0.6) is 0 Å². The van der Waals surface area contributed by atoms with Gasteiger partial charge >= 0.3 is 5.97 Å². The van der Waals surface area contributed by atoms with Crippen LogP contribution in [0.3, 0.4) is 0 Å². The van der Waals surface area contributed by atoms with Crippen LogP contribution in [0.4, 0.5) is 0 Å². The zero-order valence-corrected chi connectivity index (χ0v) is 21.8. The van der Waals surface area contributed by atoms with Crippen LogP contribution >= 0.6 is 0 Å². The number of carboxylic acids is 1. The van der Waals surface area contributed by atoms with Crippen LogP contribution in [0.1, 0.15) is 92.6 Å². The summed E-state index contributed by atoms with van der Waals surface area (Å²) in [6.07, 6.45) is 10.6. The lowest BCUT2D eigenvalue weighted by atomic mass is 9.83. The Morgan fingerprint density at radius 1 is 1.11 bits per heavy atom. The predicted molar refractivity (Wildman–Crippen MR) is 140 cm³/mol. The molecule has 198 valence electrons. The van der Waals surface area contributed by atoms with Crippen LogP contribution in [0, 0.1) is 17.8 Å². The zero-order chi connectivity index (χ0) is 25.5. The van der Waals surface area contributed by atoms with Crippen LogP contribution in [-0.4, -0.2) is 53.5 Å². The smallest absolute Gasteiger partial charge is 0.304 e. The summed E-state index contributed by atoms with van der Waals surface area (Å²) in [6.45, 7) is 5.46. The highest BCUT2D eigenvalue weighted by Gasteiger charge is 2.36. The minimum Gasteiger partial charge on any atom is -0.481 e. The van der Waals surface area contributed by atoms with E-state index < -0.39 is 11.9 Å². The molecular weight excluding hydrogens is 454 g/mol. The fourth-order valence-corrected chi connectivity index (χ4v) is 6.41. The summed E-state index contributed by atoms with van der Waals surface area (Å²) in [5, 5.41) is 16.0. The molecule has 7 heteroatoms. The van der Waals surface area contributed by atoms with Gasteiger partial charge in [-0.3, -0.25) is 14.4 Å². The van der Waals surface area contributed by atoms with E-state index in [0.29, 0.717) is 31.0 Å². The SMILES string of the molecule is CC(C1CCCCC1)N1Cc2ccc(C(=O)NCCCC3CCNCC3)cc2CC(CC(=O)O)C1=O. The maximum Gasteiger partial charge on any atom is 0.304 e. The summed E-state index contributed by atoms with van der Waals surface area (Å²) in [6, 6.07) is 5.79. The van der Waals surface area contributed by atoms with Crippen molar-refractivity contribution in [1.29, 1.82) is 0 Å². The van der Waals surface area contributed by atoms with Gasteiger partial charge in [0.05, 0.1) is 12.3 Å². The lowest BCUT2D eigenvalue weighted by Crippen LogP contribution is -2.45. The number of piperidine rings is 1. The Balaban J connectivity index is 1.43.